The number of hydrogen-bond acceptors (Lipinski definition) is 5. The molecule has 0 spiro atoms. The monoisotopic (exact) mass is 382 g/mol. The summed E-state index contributed by atoms with van der Waals surface area (Å²) in [4.78, 5) is 25.3. The van der Waals surface area contributed by atoms with E-state index in [4.69, 9.17) is 4.42 Å². The van der Waals surface area contributed by atoms with Crippen molar-refractivity contribution in [3.63, 3.8) is 0 Å². The molecule has 0 bridgehead atoms. The van der Waals surface area contributed by atoms with Crippen LogP contribution in [0.5, 0.6) is 0 Å². The molecule has 1 aromatic carbocycles. The molecule has 1 fully saturated rings. The van der Waals surface area contributed by atoms with Gasteiger partial charge in [-0.25, -0.2) is 0 Å². The number of halogens is 3. The lowest BCUT2D eigenvalue weighted by Gasteiger charge is -2.31. The highest BCUT2D eigenvalue weighted by molar-refractivity contribution is 5.95. The van der Waals surface area contributed by atoms with E-state index in [1.165, 1.54) is 6.92 Å². The summed E-state index contributed by atoms with van der Waals surface area (Å²) in [6.07, 6.45) is -3.51. The van der Waals surface area contributed by atoms with Crippen molar-refractivity contribution in [1.82, 2.24) is 15.1 Å². The van der Waals surface area contributed by atoms with Gasteiger partial charge in [0.25, 0.3) is 5.91 Å². The predicted octanol–water partition coefficient (Wildman–Crippen LogP) is 3.07. The smallest absolute Gasteiger partial charge is 0.417 e. The molecule has 1 atom stereocenters. The number of nitrogens with one attached hydrogen (secondary N) is 1. The lowest BCUT2D eigenvalue weighted by atomic mass is 9.97. The topological polar surface area (TPSA) is 88.3 Å². The minimum atomic E-state index is -4.69. The van der Waals surface area contributed by atoms with Crippen molar-refractivity contribution in [2.45, 2.75) is 31.9 Å². The van der Waals surface area contributed by atoms with E-state index in [2.05, 4.69) is 15.5 Å². The predicted molar refractivity (Wildman–Crippen MR) is 87.9 cm³/mol. The minimum absolute atomic E-state index is 0.110. The van der Waals surface area contributed by atoms with E-state index < -0.39 is 18.0 Å². The number of likely N-dealkylation sites (tertiary alicyclic amines) is 1. The summed E-state index contributed by atoms with van der Waals surface area (Å²) in [5, 5.41) is 9.15. The number of piperidine rings is 1. The summed E-state index contributed by atoms with van der Waals surface area (Å²) in [5.74, 6) is -2.39. The molecule has 0 radical (unpaired) electrons. The van der Waals surface area contributed by atoms with Crippen LogP contribution in [0.4, 0.5) is 18.9 Å². The maximum absolute atomic E-state index is 12.7. The Morgan fingerprint density at radius 2 is 1.93 bits per heavy atom. The molecular formula is C17H17F3N4O3. The molecule has 2 amide bonds. The summed E-state index contributed by atoms with van der Waals surface area (Å²) >= 11 is 0. The van der Waals surface area contributed by atoms with Gasteiger partial charge in [0.15, 0.2) is 0 Å². The number of hydrogen-bond donors (Lipinski definition) is 1. The molecule has 1 saturated heterocycles. The quantitative estimate of drug-likeness (QED) is 0.881. The molecule has 0 aliphatic carbocycles. The molecule has 1 aliphatic heterocycles. The summed E-state index contributed by atoms with van der Waals surface area (Å²) in [5.41, 5.74) is 0.993. The summed E-state index contributed by atoms with van der Waals surface area (Å²) in [6, 6.07) is 6.41. The van der Waals surface area contributed by atoms with E-state index >= 15 is 0 Å². The van der Waals surface area contributed by atoms with Gasteiger partial charge >= 0.3 is 12.1 Å². The number of amides is 2. The first-order valence-electron chi connectivity index (χ1n) is 8.31. The molecule has 2 heterocycles. The van der Waals surface area contributed by atoms with Crippen LogP contribution in [0.15, 0.2) is 28.7 Å². The first-order chi connectivity index (χ1) is 12.7. The van der Waals surface area contributed by atoms with Gasteiger partial charge < -0.3 is 14.6 Å². The second kappa shape index (κ2) is 7.37. The Hall–Kier alpha value is -2.91. The molecule has 3 rings (SSSR count). The van der Waals surface area contributed by atoms with Crippen LogP contribution in [0.3, 0.4) is 0 Å². The number of aromatic nitrogens is 2. The third-order valence-electron chi connectivity index (χ3n) is 4.19. The number of carbonyl (C=O) groups is 2. The lowest BCUT2D eigenvalue weighted by Crippen LogP contribution is -2.39. The third-order valence-corrected chi connectivity index (χ3v) is 4.19. The van der Waals surface area contributed by atoms with Gasteiger partial charge in [0.2, 0.25) is 11.8 Å². The largest absolute Gasteiger partial charge is 0.470 e. The molecule has 2 aromatic rings. The van der Waals surface area contributed by atoms with Gasteiger partial charge in [-0.3, -0.25) is 9.59 Å². The fraction of sp³-hybridized carbons (Fsp3) is 0.412. The summed E-state index contributed by atoms with van der Waals surface area (Å²) in [7, 11) is 0. The van der Waals surface area contributed by atoms with Gasteiger partial charge in [0.05, 0.1) is 5.92 Å². The Kier molecular flexibility index (Phi) is 5.15. The molecule has 1 aliphatic rings. The van der Waals surface area contributed by atoms with E-state index in [1.54, 1.807) is 29.2 Å². The Morgan fingerprint density at radius 3 is 2.52 bits per heavy atom. The van der Waals surface area contributed by atoms with E-state index in [1.807, 2.05) is 0 Å². The van der Waals surface area contributed by atoms with Crippen molar-refractivity contribution in [2.24, 2.45) is 0 Å². The van der Waals surface area contributed by atoms with Gasteiger partial charge in [-0.15, -0.1) is 10.2 Å². The van der Waals surface area contributed by atoms with Crippen LogP contribution in [0.1, 0.15) is 47.8 Å². The fourth-order valence-corrected chi connectivity index (χ4v) is 2.96. The Bertz CT molecular complexity index is 833. The van der Waals surface area contributed by atoms with Gasteiger partial charge in [-0.05, 0) is 37.1 Å². The average molecular weight is 382 g/mol. The maximum atomic E-state index is 12.7. The van der Waals surface area contributed by atoms with Crippen molar-refractivity contribution in [3.05, 3.63) is 41.6 Å². The number of alkyl halides is 3. The molecule has 0 saturated carbocycles. The summed E-state index contributed by atoms with van der Waals surface area (Å²) < 4.78 is 42.6. The van der Waals surface area contributed by atoms with Crippen LogP contribution in [0.2, 0.25) is 0 Å². The van der Waals surface area contributed by atoms with Crippen LogP contribution in [0.25, 0.3) is 0 Å². The zero-order valence-electron chi connectivity index (χ0n) is 14.4. The van der Waals surface area contributed by atoms with E-state index in [0.29, 0.717) is 30.6 Å². The molecule has 144 valence electrons. The first kappa shape index (κ1) is 18.9. The number of rotatable bonds is 3. The Morgan fingerprint density at radius 1 is 1.22 bits per heavy atom. The molecule has 10 heteroatoms. The normalized spacial score (nSPS) is 17.6. The highest BCUT2D eigenvalue weighted by Crippen LogP contribution is 2.32. The van der Waals surface area contributed by atoms with Gasteiger partial charge in [0, 0.05) is 31.3 Å². The Labute approximate surface area is 152 Å². The number of carbonyl (C=O) groups excluding carboxylic acids is 2. The third kappa shape index (κ3) is 4.44. The number of nitrogens with zero attached hydrogens (tertiary/aromatic N) is 3. The van der Waals surface area contributed by atoms with Crippen molar-refractivity contribution in [1.29, 1.82) is 0 Å². The van der Waals surface area contributed by atoms with E-state index in [0.717, 1.165) is 0 Å². The van der Waals surface area contributed by atoms with Gasteiger partial charge in [-0.1, -0.05) is 0 Å². The van der Waals surface area contributed by atoms with Crippen molar-refractivity contribution in [2.75, 3.05) is 18.4 Å². The fourth-order valence-electron chi connectivity index (χ4n) is 2.96. The van der Waals surface area contributed by atoms with E-state index in [-0.39, 0.29) is 24.2 Å². The van der Waals surface area contributed by atoms with Crippen molar-refractivity contribution < 1.29 is 27.2 Å². The van der Waals surface area contributed by atoms with Gasteiger partial charge in [0.1, 0.15) is 0 Å². The molecule has 1 N–H and O–H groups in total. The van der Waals surface area contributed by atoms with Crippen LogP contribution < -0.4 is 5.32 Å². The molecule has 7 nitrogen and oxygen atoms in total. The average Bonchev–Trinajstić information content (AvgIpc) is 3.12. The first-order valence-corrected chi connectivity index (χ1v) is 8.31. The highest BCUT2D eigenvalue weighted by atomic mass is 19.4. The standard InChI is InChI=1S/C17H17F3N4O3/c1-10(25)21-13-6-4-11(5-7-13)15(26)24-8-2-3-12(9-24)14-22-23-16(27-14)17(18,19)20/h4-7,12H,2-3,8-9H2,1H3,(H,21,25). The highest BCUT2D eigenvalue weighted by Gasteiger charge is 2.39. The molecule has 27 heavy (non-hydrogen) atoms. The minimum Gasteiger partial charge on any atom is -0.417 e. The molecular weight excluding hydrogens is 365 g/mol. The van der Waals surface area contributed by atoms with Crippen molar-refractivity contribution in [3.8, 4) is 0 Å². The van der Waals surface area contributed by atoms with Crippen LogP contribution >= 0.6 is 0 Å². The van der Waals surface area contributed by atoms with Crippen LogP contribution in [-0.4, -0.2) is 40.0 Å². The molecule has 1 unspecified atom stereocenters. The number of anilines is 1. The zero-order valence-corrected chi connectivity index (χ0v) is 14.4. The van der Waals surface area contributed by atoms with E-state index in [9.17, 15) is 22.8 Å². The summed E-state index contributed by atoms with van der Waals surface area (Å²) in [6.45, 7) is 2.07. The SMILES string of the molecule is CC(=O)Nc1ccc(C(=O)N2CCCC(c3nnc(C(F)(F)F)o3)C2)cc1. The Balaban J connectivity index is 1.69. The molecule has 1 aromatic heterocycles. The second-order valence-corrected chi connectivity index (χ2v) is 6.29. The van der Waals surface area contributed by atoms with Crippen LogP contribution in [0, 0.1) is 0 Å². The van der Waals surface area contributed by atoms with Gasteiger partial charge in [-0.2, -0.15) is 13.2 Å². The lowest BCUT2D eigenvalue weighted by molar-refractivity contribution is -0.157. The zero-order chi connectivity index (χ0) is 19.6. The van der Waals surface area contributed by atoms with Crippen LogP contribution in [-0.2, 0) is 11.0 Å². The second-order valence-electron chi connectivity index (χ2n) is 6.29. The maximum Gasteiger partial charge on any atom is 0.470 e. The van der Waals surface area contributed by atoms with Crippen molar-refractivity contribution >= 4 is 17.5 Å². The number of benzene rings is 1.